The van der Waals surface area contributed by atoms with Crippen molar-refractivity contribution >= 4 is 17.3 Å². The first-order valence-corrected chi connectivity index (χ1v) is 22.3. The van der Waals surface area contributed by atoms with Crippen LogP contribution in [0.3, 0.4) is 0 Å². The van der Waals surface area contributed by atoms with Crippen molar-refractivity contribution in [2.75, 3.05) is 26.6 Å². The molecule has 6 atom stereocenters. The van der Waals surface area contributed by atoms with Crippen molar-refractivity contribution in [3.63, 3.8) is 0 Å². The van der Waals surface area contributed by atoms with Gasteiger partial charge in [0.05, 0.1) is 29.2 Å². The average Bonchev–Trinajstić information content (AvgIpc) is 4.02. The Labute approximate surface area is 368 Å². The standard InChI is InChI=1S/C49H59N3O11/c1-5-23-60-49-44(51(47(55)32-16-17-32)29-31-15-19-42-43(24-31)59-30-58-42)28-40(50-63-48(2,3)4)38-25-33(11-6-8-21-53)37(14-7-9-22-54)45(46(38)49)39-27-36(18-20-41(39)62-49)61-35-13-10-12-34(26-35)52(56)57/h5,10,12-13,15,18-20,24-27,32-33,37,44-46,53-54H,1,6-9,11,14,16-17,21-23,28-30H2,2-4H3. The van der Waals surface area contributed by atoms with Gasteiger partial charge < -0.3 is 43.6 Å². The monoisotopic (exact) mass is 865 g/mol. The number of aliphatic hydroxyl groups excluding tert-OH is 2. The van der Waals surface area contributed by atoms with Gasteiger partial charge in [0.1, 0.15) is 28.9 Å². The molecule has 6 unspecified atom stereocenters. The number of aliphatic hydroxyl groups is 2. The minimum Gasteiger partial charge on any atom is -0.459 e. The Balaban J connectivity index is 1.33. The van der Waals surface area contributed by atoms with E-state index in [1.165, 1.54) is 12.1 Å². The van der Waals surface area contributed by atoms with Gasteiger partial charge in [0.25, 0.3) is 5.69 Å². The van der Waals surface area contributed by atoms with Crippen LogP contribution in [0.25, 0.3) is 0 Å². The zero-order valence-corrected chi connectivity index (χ0v) is 36.4. The Hall–Kier alpha value is -5.44. The van der Waals surface area contributed by atoms with E-state index in [0.29, 0.717) is 47.3 Å². The van der Waals surface area contributed by atoms with Crippen LogP contribution in [0.2, 0.25) is 0 Å². The van der Waals surface area contributed by atoms with Crippen LogP contribution in [-0.4, -0.2) is 75.7 Å². The second-order valence-corrected chi connectivity index (χ2v) is 18.3. The number of nitrogens with zero attached hydrogens (tertiary/aromatic N) is 3. The minimum absolute atomic E-state index is 0.00334. The molecule has 2 heterocycles. The van der Waals surface area contributed by atoms with Crippen LogP contribution < -0.4 is 18.9 Å². The quantitative estimate of drug-likeness (QED) is 0.0510. The fourth-order valence-corrected chi connectivity index (χ4v) is 9.84. The number of hydrogen-bond acceptors (Lipinski definition) is 12. The van der Waals surface area contributed by atoms with Gasteiger partial charge in [-0.25, -0.2) is 0 Å². The van der Waals surface area contributed by atoms with Gasteiger partial charge in [-0.3, -0.25) is 14.9 Å². The minimum atomic E-state index is -1.44. The molecule has 1 amide bonds. The van der Waals surface area contributed by atoms with Crippen LogP contribution in [0, 0.1) is 33.8 Å². The fraction of sp³-hybridized carbons (Fsp3) is 0.510. The molecule has 14 heteroatoms. The number of rotatable bonds is 19. The van der Waals surface area contributed by atoms with Crippen LogP contribution in [0.4, 0.5) is 5.69 Å². The van der Waals surface area contributed by atoms with Crippen LogP contribution in [0.5, 0.6) is 28.7 Å². The molecule has 3 aromatic rings. The molecule has 0 bridgehead atoms. The maximum atomic E-state index is 14.9. The fourth-order valence-electron chi connectivity index (χ4n) is 9.84. The molecule has 0 aromatic heterocycles. The molecule has 2 saturated carbocycles. The van der Waals surface area contributed by atoms with Crippen LogP contribution in [0.1, 0.15) is 95.6 Å². The summed E-state index contributed by atoms with van der Waals surface area (Å²) >= 11 is 0. The molecular formula is C49H59N3O11. The van der Waals surface area contributed by atoms with Crippen molar-refractivity contribution in [1.29, 1.82) is 0 Å². The van der Waals surface area contributed by atoms with Crippen molar-refractivity contribution < 1.29 is 48.5 Å². The SMILES string of the molecule is C=CCOC12Oc3ccc(Oc4cccc([N+](=O)[O-])c4)cc3C3C(CCCCO)C(CCCCO)C=C(C(=NOC(C)(C)C)CC1N(Cc1ccc4c(c1)OCO4)C(=O)C1CC1)C32. The maximum absolute atomic E-state index is 14.9. The summed E-state index contributed by atoms with van der Waals surface area (Å²) in [6, 6.07) is 16.8. The summed E-state index contributed by atoms with van der Waals surface area (Å²) in [6.45, 7) is 10.6. The molecule has 2 aliphatic heterocycles. The van der Waals surface area contributed by atoms with Gasteiger partial charge in [0.2, 0.25) is 18.5 Å². The number of non-ortho nitro benzene ring substituents is 1. The third-order valence-electron chi connectivity index (χ3n) is 12.7. The molecule has 2 N–H and O–H groups in total. The molecule has 336 valence electrons. The Morgan fingerprint density at radius 3 is 2.46 bits per heavy atom. The Morgan fingerprint density at radius 2 is 1.73 bits per heavy atom. The highest BCUT2D eigenvalue weighted by atomic mass is 16.7. The number of oxime groups is 1. The van der Waals surface area contributed by atoms with Gasteiger partial charge in [-0.2, -0.15) is 0 Å². The van der Waals surface area contributed by atoms with Gasteiger partial charge in [0, 0.05) is 49.6 Å². The van der Waals surface area contributed by atoms with E-state index in [1.807, 2.05) is 56.0 Å². The van der Waals surface area contributed by atoms with Crippen molar-refractivity contribution in [1.82, 2.24) is 4.90 Å². The Morgan fingerprint density at radius 1 is 0.984 bits per heavy atom. The van der Waals surface area contributed by atoms with E-state index in [-0.39, 0.29) is 74.8 Å². The number of carbonyl (C=O) groups is 1. The lowest BCUT2D eigenvalue weighted by atomic mass is 9.55. The molecule has 63 heavy (non-hydrogen) atoms. The highest BCUT2D eigenvalue weighted by molar-refractivity contribution is 6.03. The van der Waals surface area contributed by atoms with Gasteiger partial charge in [-0.05, 0) is 119 Å². The molecule has 0 spiro atoms. The highest BCUT2D eigenvalue weighted by Crippen LogP contribution is 2.62. The number of ether oxygens (including phenoxy) is 5. The molecule has 8 rings (SSSR count). The lowest BCUT2D eigenvalue weighted by Crippen LogP contribution is -2.70. The van der Waals surface area contributed by atoms with Crippen molar-refractivity contribution in [2.24, 2.45) is 28.8 Å². The predicted octanol–water partition coefficient (Wildman–Crippen LogP) is 8.99. The first-order chi connectivity index (χ1) is 30.4. The topological polar surface area (TPSA) is 172 Å². The summed E-state index contributed by atoms with van der Waals surface area (Å²) in [5.41, 5.74) is 2.66. The van der Waals surface area contributed by atoms with Gasteiger partial charge in [-0.1, -0.05) is 42.3 Å². The number of carbonyl (C=O) groups excluding carboxylic acids is 1. The highest BCUT2D eigenvalue weighted by Gasteiger charge is 2.66. The normalized spacial score (nSPS) is 25.0. The van der Waals surface area contributed by atoms with E-state index in [9.17, 15) is 25.1 Å². The number of nitro benzene ring substituents is 1. The second-order valence-electron chi connectivity index (χ2n) is 18.3. The van der Waals surface area contributed by atoms with Crippen LogP contribution in [0.15, 0.2) is 90.1 Å². The van der Waals surface area contributed by atoms with E-state index in [0.717, 1.165) is 55.2 Å². The zero-order chi connectivity index (χ0) is 44.3. The summed E-state index contributed by atoms with van der Waals surface area (Å²) in [6.07, 6.45) is 10.3. The summed E-state index contributed by atoms with van der Waals surface area (Å²) < 4.78 is 32.3. The van der Waals surface area contributed by atoms with Gasteiger partial charge in [-0.15, -0.1) is 6.58 Å². The summed E-state index contributed by atoms with van der Waals surface area (Å²) in [4.78, 5) is 34.4. The van der Waals surface area contributed by atoms with Crippen LogP contribution in [-0.2, 0) is 20.9 Å². The Kier molecular flexibility index (Phi) is 13.1. The summed E-state index contributed by atoms with van der Waals surface area (Å²) in [5, 5.41) is 36.6. The first-order valence-electron chi connectivity index (χ1n) is 22.3. The smallest absolute Gasteiger partial charge is 0.273 e. The average molecular weight is 866 g/mol. The number of unbranched alkanes of at least 4 members (excludes halogenated alkanes) is 2. The lowest BCUT2D eigenvalue weighted by molar-refractivity contribution is -0.384. The van der Waals surface area contributed by atoms with Crippen molar-refractivity contribution in [3.8, 4) is 28.7 Å². The predicted molar refractivity (Wildman–Crippen MR) is 235 cm³/mol. The Bertz CT molecular complexity index is 2230. The van der Waals surface area contributed by atoms with E-state index < -0.39 is 28.3 Å². The molecule has 14 nitrogen and oxygen atoms in total. The molecule has 0 radical (unpaired) electrons. The number of allylic oxidation sites excluding steroid dienone is 1. The molecule has 0 saturated heterocycles. The van der Waals surface area contributed by atoms with E-state index in [4.69, 9.17) is 33.7 Å². The number of hydrogen-bond donors (Lipinski definition) is 2. The third-order valence-corrected chi connectivity index (χ3v) is 12.7. The number of benzene rings is 3. The molecule has 5 aliphatic rings. The largest absolute Gasteiger partial charge is 0.459 e. The van der Waals surface area contributed by atoms with E-state index in [1.54, 1.807) is 24.3 Å². The van der Waals surface area contributed by atoms with Crippen LogP contribution >= 0.6 is 0 Å². The van der Waals surface area contributed by atoms with E-state index >= 15 is 0 Å². The number of nitro groups is 1. The van der Waals surface area contributed by atoms with Crippen molar-refractivity contribution in [3.05, 3.63) is 106 Å². The molecule has 3 aliphatic carbocycles. The van der Waals surface area contributed by atoms with E-state index in [2.05, 4.69) is 12.7 Å². The third kappa shape index (κ3) is 9.44. The maximum Gasteiger partial charge on any atom is 0.273 e. The molecule has 3 aromatic carbocycles. The van der Waals surface area contributed by atoms with Gasteiger partial charge >= 0.3 is 0 Å². The zero-order valence-electron chi connectivity index (χ0n) is 36.4. The number of amides is 1. The molecular weight excluding hydrogens is 807 g/mol. The number of fused-ring (bicyclic) bond motifs is 3. The lowest BCUT2D eigenvalue weighted by Gasteiger charge is -2.60. The summed E-state index contributed by atoms with van der Waals surface area (Å²) in [5.74, 6) is 0.298. The first kappa shape index (κ1) is 44.2. The van der Waals surface area contributed by atoms with Gasteiger partial charge in [0.15, 0.2) is 11.5 Å². The van der Waals surface area contributed by atoms with Crippen molar-refractivity contribution in [2.45, 2.75) is 108 Å². The molecule has 2 fully saturated rings. The summed E-state index contributed by atoms with van der Waals surface area (Å²) in [7, 11) is 0. The second kappa shape index (κ2) is 18.7.